The largest absolute Gasteiger partial charge is 0.388 e. The third-order valence-electron chi connectivity index (χ3n) is 2.13. The quantitative estimate of drug-likeness (QED) is 0.508. The molecule has 0 aliphatic carbocycles. The maximum Gasteiger partial charge on any atom is 0.127 e. The van der Waals surface area contributed by atoms with Crippen LogP contribution in [0.4, 0.5) is 0 Å². The topological polar surface area (TPSA) is 80.9 Å². The van der Waals surface area contributed by atoms with Crippen LogP contribution in [0.5, 0.6) is 0 Å². The lowest BCUT2D eigenvalue weighted by molar-refractivity contribution is 0.111. The molecule has 5 atom stereocenters. The highest BCUT2D eigenvalue weighted by Crippen LogP contribution is 2.59. The van der Waals surface area contributed by atoms with Crippen LogP contribution in [0.3, 0.4) is 0 Å². The minimum atomic E-state index is -1.60. The molecule has 1 heterocycles. The summed E-state index contributed by atoms with van der Waals surface area (Å²) >= 11 is 0. The minimum absolute atomic E-state index is 0.249. The molecule has 0 spiro atoms. The summed E-state index contributed by atoms with van der Waals surface area (Å²) in [5.74, 6) is -2.53. The van der Waals surface area contributed by atoms with Gasteiger partial charge in [0, 0.05) is 6.16 Å². The van der Waals surface area contributed by atoms with Crippen molar-refractivity contribution in [3.63, 3.8) is 0 Å². The molecule has 13 heavy (non-hydrogen) atoms. The number of rotatable bonds is 2. The first-order valence-corrected chi connectivity index (χ1v) is 7.54. The van der Waals surface area contributed by atoms with E-state index in [-0.39, 0.29) is 6.16 Å². The molecule has 0 saturated carbocycles. The lowest BCUT2D eigenvalue weighted by atomic mass is 10.6. The lowest BCUT2D eigenvalue weighted by Gasteiger charge is -2.38. The van der Waals surface area contributed by atoms with E-state index in [9.17, 15) is 20.2 Å². The van der Waals surface area contributed by atoms with Crippen LogP contribution >= 0.6 is 16.1 Å². The Kier molecular flexibility index (Phi) is 4.50. The van der Waals surface area contributed by atoms with Gasteiger partial charge in [-0.25, -0.2) is 0 Å². The van der Waals surface area contributed by atoms with E-state index in [2.05, 4.69) is 0 Å². The smallest absolute Gasteiger partial charge is 0.127 e. The summed E-state index contributed by atoms with van der Waals surface area (Å²) in [5, 5.41) is 28.6. The van der Waals surface area contributed by atoms with Crippen LogP contribution in [0.1, 0.15) is 13.3 Å². The van der Waals surface area contributed by atoms with Crippen LogP contribution in [0.15, 0.2) is 0 Å². The second-order valence-corrected chi connectivity index (χ2v) is 7.54. The average Bonchev–Trinajstić information content (AvgIpc) is 2.09. The van der Waals surface area contributed by atoms with Gasteiger partial charge in [-0.15, -0.1) is 0 Å². The molecular weight excluding hydrogens is 210 g/mol. The fraction of sp³-hybridized carbons (Fsp3) is 1.00. The summed E-state index contributed by atoms with van der Waals surface area (Å²) in [5.41, 5.74) is 0. The highest BCUT2D eigenvalue weighted by Gasteiger charge is 2.41. The fourth-order valence-corrected chi connectivity index (χ4v) is 6.37. The van der Waals surface area contributed by atoms with Gasteiger partial charge in [0.15, 0.2) is 0 Å². The predicted octanol–water partition coefficient (Wildman–Crippen LogP) is 0.236. The van der Waals surface area contributed by atoms with Gasteiger partial charge in [0.1, 0.15) is 11.7 Å². The highest BCUT2D eigenvalue weighted by molar-refractivity contribution is 7.64. The summed E-state index contributed by atoms with van der Waals surface area (Å²) in [6.45, 7) is 1.98. The lowest BCUT2D eigenvalue weighted by Crippen LogP contribution is -2.35. The van der Waals surface area contributed by atoms with Crippen molar-refractivity contribution in [2.75, 3.05) is 12.3 Å². The Bertz CT molecular complexity index is 169. The van der Waals surface area contributed by atoms with Crippen molar-refractivity contribution in [3.8, 4) is 0 Å². The number of hydrogen-bond acceptors (Lipinski definition) is 4. The molecule has 0 aromatic rings. The monoisotopic (exact) mass is 226 g/mol. The molecule has 5 unspecified atom stereocenters. The molecule has 4 N–H and O–H groups in total. The van der Waals surface area contributed by atoms with Crippen molar-refractivity contribution in [2.45, 2.75) is 30.9 Å². The van der Waals surface area contributed by atoms with Gasteiger partial charge in [0.05, 0.1) is 14.0 Å². The standard InChI is InChI=1S/C7H16O4P2/c1-2-3-12-5(8)4-13(11)7(10)6(12)9/h5-11H,2-4H2,1H3. The summed E-state index contributed by atoms with van der Waals surface area (Å²) in [6, 6.07) is 0. The Balaban J connectivity index is 2.61. The summed E-state index contributed by atoms with van der Waals surface area (Å²) < 4.78 is 0. The second kappa shape index (κ2) is 4.97. The summed E-state index contributed by atoms with van der Waals surface area (Å²) in [4.78, 5) is 9.31. The van der Waals surface area contributed by atoms with Crippen molar-refractivity contribution in [3.05, 3.63) is 0 Å². The van der Waals surface area contributed by atoms with Gasteiger partial charge in [0.2, 0.25) is 0 Å². The maximum atomic E-state index is 9.58. The molecule has 6 heteroatoms. The first kappa shape index (κ1) is 11.8. The van der Waals surface area contributed by atoms with Gasteiger partial charge in [-0.3, -0.25) is 0 Å². The molecule has 1 fully saturated rings. The SMILES string of the molecule is CCCP1C(O)CP(O)C(O)C1O. The fourth-order valence-electron chi connectivity index (χ4n) is 1.42. The van der Waals surface area contributed by atoms with Crippen molar-refractivity contribution < 1.29 is 20.2 Å². The summed E-state index contributed by atoms with van der Waals surface area (Å²) in [6.07, 6.45) is 1.88. The Hall–Kier alpha value is 0.700. The van der Waals surface area contributed by atoms with E-state index in [0.717, 1.165) is 12.6 Å². The van der Waals surface area contributed by atoms with Crippen LogP contribution < -0.4 is 0 Å². The summed E-state index contributed by atoms with van der Waals surface area (Å²) in [7, 11) is -2.54. The first-order chi connectivity index (χ1) is 6.07. The van der Waals surface area contributed by atoms with Crippen LogP contribution in [0, 0.1) is 0 Å². The van der Waals surface area contributed by atoms with Gasteiger partial charge in [0.25, 0.3) is 0 Å². The van der Waals surface area contributed by atoms with Crippen molar-refractivity contribution in [2.24, 2.45) is 0 Å². The molecule has 0 bridgehead atoms. The van der Waals surface area contributed by atoms with E-state index in [1.807, 2.05) is 6.92 Å². The highest BCUT2D eigenvalue weighted by atomic mass is 31.1. The molecule has 1 rings (SSSR count). The Morgan fingerprint density at radius 3 is 2.38 bits per heavy atom. The van der Waals surface area contributed by atoms with E-state index >= 15 is 0 Å². The normalized spacial score (nSPS) is 46.4. The molecule has 0 amide bonds. The molecule has 78 valence electrons. The van der Waals surface area contributed by atoms with Crippen LogP contribution in [-0.2, 0) is 0 Å². The third-order valence-corrected chi connectivity index (χ3v) is 7.14. The zero-order valence-electron chi connectivity index (χ0n) is 7.54. The van der Waals surface area contributed by atoms with E-state index in [1.165, 1.54) is 0 Å². The van der Waals surface area contributed by atoms with E-state index in [0.29, 0.717) is 0 Å². The predicted molar refractivity (Wildman–Crippen MR) is 54.1 cm³/mol. The Morgan fingerprint density at radius 1 is 1.23 bits per heavy atom. The number of hydrogen-bond donors (Lipinski definition) is 4. The van der Waals surface area contributed by atoms with Crippen molar-refractivity contribution >= 4 is 16.1 Å². The number of aliphatic hydroxyl groups is 3. The second-order valence-electron chi connectivity index (χ2n) is 3.17. The first-order valence-electron chi connectivity index (χ1n) is 4.33. The zero-order valence-corrected chi connectivity index (χ0v) is 9.33. The maximum absolute atomic E-state index is 9.58. The minimum Gasteiger partial charge on any atom is -0.388 e. The van der Waals surface area contributed by atoms with Crippen molar-refractivity contribution in [1.82, 2.24) is 0 Å². The van der Waals surface area contributed by atoms with Crippen LogP contribution in [0.2, 0.25) is 0 Å². The van der Waals surface area contributed by atoms with Crippen LogP contribution in [0.25, 0.3) is 0 Å². The molecule has 0 aromatic carbocycles. The van der Waals surface area contributed by atoms with E-state index < -0.39 is 33.6 Å². The average molecular weight is 226 g/mol. The zero-order chi connectivity index (χ0) is 10.0. The molecule has 0 aromatic heterocycles. The third kappa shape index (κ3) is 2.59. The van der Waals surface area contributed by atoms with Crippen molar-refractivity contribution in [1.29, 1.82) is 0 Å². The van der Waals surface area contributed by atoms with Gasteiger partial charge in [-0.2, -0.15) is 0 Å². The molecule has 1 aliphatic rings. The van der Waals surface area contributed by atoms with Gasteiger partial charge in [-0.05, 0) is 14.1 Å². The van der Waals surface area contributed by atoms with Gasteiger partial charge >= 0.3 is 0 Å². The Labute approximate surface area is 80.2 Å². The molecule has 4 nitrogen and oxygen atoms in total. The molecular formula is C7H16O4P2. The van der Waals surface area contributed by atoms with Crippen LogP contribution in [-0.4, -0.2) is 50.1 Å². The van der Waals surface area contributed by atoms with E-state index in [1.54, 1.807) is 0 Å². The molecule has 0 radical (unpaired) electrons. The van der Waals surface area contributed by atoms with Gasteiger partial charge in [-0.1, -0.05) is 13.3 Å². The molecule has 1 aliphatic heterocycles. The number of aliphatic hydroxyl groups excluding tert-OH is 3. The Morgan fingerprint density at radius 2 is 1.85 bits per heavy atom. The molecule has 1 saturated heterocycles. The van der Waals surface area contributed by atoms with E-state index in [4.69, 9.17) is 0 Å². The van der Waals surface area contributed by atoms with Gasteiger partial charge < -0.3 is 20.2 Å².